The molecule has 2 atom stereocenters. The Hall–Kier alpha value is -0.900. The number of rotatable bonds is 6. The smallest absolute Gasteiger partial charge is 0.229 e. The van der Waals surface area contributed by atoms with Crippen LogP contribution in [0.2, 0.25) is 0 Å². The predicted molar refractivity (Wildman–Crippen MR) is 80.6 cm³/mol. The van der Waals surface area contributed by atoms with Crippen LogP contribution in [0, 0.1) is 5.92 Å². The molecule has 1 heterocycles. The van der Waals surface area contributed by atoms with E-state index in [1.807, 2.05) is 0 Å². The van der Waals surface area contributed by atoms with E-state index < -0.39 is 0 Å². The summed E-state index contributed by atoms with van der Waals surface area (Å²) in [5.74, 6) is 3.46. The molecule has 0 amide bonds. The van der Waals surface area contributed by atoms with Gasteiger partial charge in [0.05, 0.1) is 0 Å². The molecule has 4 nitrogen and oxygen atoms in total. The summed E-state index contributed by atoms with van der Waals surface area (Å²) in [5, 5.41) is 4.22. The summed E-state index contributed by atoms with van der Waals surface area (Å²) in [6.07, 6.45) is 8.25. The monoisotopic (exact) mass is 279 g/mol. The molecular formula is C16H29N3O. The third-order valence-corrected chi connectivity index (χ3v) is 4.56. The van der Waals surface area contributed by atoms with Crippen LogP contribution in [0.1, 0.15) is 89.3 Å². The summed E-state index contributed by atoms with van der Waals surface area (Å²) < 4.78 is 5.47. The van der Waals surface area contributed by atoms with Crippen LogP contribution in [0.4, 0.5) is 0 Å². The molecule has 0 spiro atoms. The van der Waals surface area contributed by atoms with Crippen molar-refractivity contribution in [3.8, 4) is 0 Å². The third kappa shape index (κ3) is 4.30. The van der Waals surface area contributed by atoms with Gasteiger partial charge in [0.2, 0.25) is 5.89 Å². The van der Waals surface area contributed by atoms with E-state index in [2.05, 4.69) is 30.9 Å². The van der Waals surface area contributed by atoms with Gasteiger partial charge < -0.3 is 10.3 Å². The van der Waals surface area contributed by atoms with Crippen LogP contribution in [-0.2, 0) is 0 Å². The van der Waals surface area contributed by atoms with Gasteiger partial charge in [-0.25, -0.2) is 0 Å². The third-order valence-electron chi connectivity index (χ3n) is 4.56. The van der Waals surface area contributed by atoms with Crippen LogP contribution in [0.5, 0.6) is 0 Å². The van der Waals surface area contributed by atoms with Crippen LogP contribution < -0.4 is 5.73 Å². The maximum Gasteiger partial charge on any atom is 0.229 e. The van der Waals surface area contributed by atoms with Crippen LogP contribution in [0.15, 0.2) is 4.52 Å². The molecule has 1 saturated carbocycles. The van der Waals surface area contributed by atoms with E-state index in [4.69, 9.17) is 10.3 Å². The minimum atomic E-state index is 0.282. The maximum absolute atomic E-state index is 5.78. The molecule has 0 saturated heterocycles. The normalized spacial score (nSPS) is 26.4. The molecule has 4 heteroatoms. The Kier molecular flexibility index (Phi) is 5.58. The highest BCUT2D eigenvalue weighted by Gasteiger charge is 2.25. The number of hydrogen-bond acceptors (Lipinski definition) is 4. The predicted octanol–water partition coefficient (Wildman–Crippen LogP) is 3.98. The van der Waals surface area contributed by atoms with Crippen LogP contribution in [0.3, 0.4) is 0 Å². The molecule has 2 rings (SSSR count). The Morgan fingerprint density at radius 1 is 1.20 bits per heavy atom. The van der Waals surface area contributed by atoms with Gasteiger partial charge >= 0.3 is 0 Å². The van der Waals surface area contributed by atoms with Gasteiger partial charge in [0.25, 0.3) is 0 Å². The Bertz CT molecular complexity index is 394. The Labute approximate surface area is 122 Å². The number of nitrogens with two attached hydrogens (primary N) is 1. The fourth-order valence-corrected chi connectivity index (χ4v) is 3.00. The van der Waals surface area contributed by atoms with Crippen molar-refractivity contribution in [1.82, 2.24) is 10.1 Å². The summed E-state index contributed by atoms with van der Waals surface area (Å²) in [6.45, 7) is 6.55. The van der Waals surface area contributed by atoms with E-state index in [1.54, 1.807) is 0 Å². The van der Waals surface area contributed by atoms with E-state index in [0.717, 1.165) is 36.9 Å². The van der Waals surface area contributed by atoms with Gasteiger partial charge in [-0.1, -0.05) is 38.3 Å². The van der Waals surface area contributed by atoms with E-state index in [0.29, 0.717) is 11.8 Å². The second-order valence-electron chi connectivity index (χ2n) is 6.76. The molecule has 2 N–H and O–H groups in total. The molecular weight excluding hydrogens is 250 g/mol. The number of nitrogens with zero attached hydrogens (tertiary/aromatic N) is 2. The number of hydrogen-bond donors (Lipinski definition) is 1. The first-order valence-corrected chi connectivity index (χ1v) is 8.15. The highest BCUT2D eigenvalue weighted by atomic mass is 16.5. The van der Waals surface area contributed by atoms with E-state index >= 15 is 0 Å². The quantitative estimate of drug-likeness (QED) is 0.855. The fraction of sp³-hybridized carbons (Fsp3) is 0.875. The zero-order valence-electron chi connectivity index (χ0n) is 13.1. The van der Waals surface area contributed by atoms with Gasteiger partial charge in [0, 0.05) is 17.9 Å². The van der Waals surface area contributed by atoms with E-state index in [1.165, 1.54) is 25.7 Å². The molecule has 2 unspecified atom stereocenters. The maximum atomic E-state index is 5.78. The molecule has 1 aliphatic rings. The zero-order valence-corrected chi connectivity index (χ0v) is 13.1. The first-order valence-electron chi connectivity index (χ1n) is 8.15. The van der Waals surface area contributed by atoms with Gasteiger partial charge in [-0.15, -0.1) is 0 Å². The van der Waals surface area contributed by atoms with E-state index in [-0.39, 0.29) is 6.04 Å². The SMILES string of the molecule is CC(N)CCCC(C)c1nc(C2CCC(C)CC2)no1. The Morgan fingerprint density at radius 2 is 1.90 bits per heavy atom. The molecule has 1 aromatic heterocycles. The second-order valence-corrected chi connectivity index (χ2v) is 6.76. The van der Waals surface area contributed by atoms with Gasteiger partial charge in [0.1, 0.15) is 0 Å². The van der Waals surface area contributed by atoms with Crippen LogP contribution in [0.25, 0.3) is 0 Å². The standard InChI is InChI=1S/C16H29N3O/c1-11-7-9-14(10-8-11)15-18-16(20-19-15)12(2)5-4-6-13(3)17/h11-14H,4-10,17H2,1-3H3. The largest absolute Gasteiger partial charge is 0.339 e. The van der Waals surface area contributed by atoms with Gasteiger partial charge in [0.15, 0.2) is 5.82 Å². The highest BCUT2D eigenvalue weighted by Crippen LogP contribution is 2.34. The first kappa shape index (κ1) is 15.5. The molecule has 0 radical (unpaired) electrons. The summed E-state index contributed by atoms with van der Waals surface area (Å²) in [5.41, 5.74) is 5.78. The topological polar surface area (TPSA) is 64.9 Å². The average Bonchev–Trinajstić information content (AvgIpc) is 2.88. The minimum absolute atomic E-state index is 0.282. The first-order chi connectivity index (χ1) is 9.56. The molecule has 114 valence electrons. The van der Waals surface area contributed by atoms with Crippen molar-refractivity contribution in [1.29, 1.82) is 0 Å². The highest BCUT2D eigenvalue weighted by molar-refractivity contribution is 5.00. The fourth-order valence-electron chi connectivity index (χ4n) is 3.00. The molecule has 1 fully saturated rings. The molecule has 20 heavy (non-hydrogen) atoms. The Balaban J connectivity index is 1.85. The van der Waals surface area contributed by atoms with E-state index in [9.17, 15) is 0 Å². The van der Waals surface area contributed by atoms with Crippen molar-refractivity contribution in [3.63, 3.8) is 0 Å². The molecule has 1 aliphatic carbocycles. The van der Waals surface area contributed by atoms with Crippen molar-refractivity contribution in [2.75, 3.05) is 0 Å². The lowest BCUT2D eigenvalue weighted by Crippen LogP contribution is -2.14. The van der Waals surface area contributed by atoms with Gasteiger partial charge in [-0.2, -0.15) is 4.98 Å². The molecule has 1 aromatic rings. The van der Waals surface area contributed by atoms with Crippen molar-refractivity contribution < 1.29 is 4.52 Å². The van der Waals surface area contributed by atoms with Gasteiger partial charge in [-0.05, 0) is 38.5 Å². The minimum Gasteiger partial charge on any atom is -0.339 e. The second kappa shape index (κ2) is 7.21. The van der Waals surface area contributed by atoms with Crippen molar-refractivity contribution in [3.05, 3.63) is 11.7 Å². The summed E-state index contributed by atoms with van der Waals surface area (Å²) >= 11 is 0. The lowest BCUT2D eigenvalue weighted by molar-refractivity contribution is 0.318. The lowest BCUT2D eigenvalue weighted by Gasteiger charge is -2.23. The number of aromatic nitrogens is 2. The van der Waals surface area contributed by atoms with Crippen molar-refractivity contribution >= 4 is 0 Å². The zero-order chi connectivity index (χ0) is 14.5. The van der Waals surface area contributed by atoms with Crippen LogP contribution >= 0.6 is 0 Å². The lowest BCUT2D eigenvalue weighted by atomic mass is 9.83. The molecule has 0 bridgehead atoms. The molecule has 0 aliphatic heterocycles. The van der Waals surface area contributed by atoms with Gasteiger partial charge in [-0.3, -0.25) is 0 Å². The Morgan fingerprint density at radius 3 is 2.55 bits per heavy atom. The summed E-state index contributed by atoms with van der Waals surface area (Å²) in [6, 6.07) is 0.282. The van der Waals surface area contributed by atoms with Crippen molar-refractivity contribution in [2.45, 2.75) is 83.6 Å². The molecule has 0 aromatic carbocycles. The average molecular weight is 279 g/mol. The summed E-state index contributed by atoms with van der Waals surface area (Å²) in [4.78, 5) is 4.65. The van der Waals surface area contributed by atoms with Crippen molar-refractivity contribution in [2.24, 2.45) is 11.7 Å². The van der Waals surface area contributed by atoms with Crippen LogP contribution in [-0.4, -0.2) is 16.2 Å². The summed E-state index contributed by atoms with van der Waals surface area (Å²) in [7, 11) is 0.